The van der Waals surface area contributed by atoms with E-state index in [1.807, 2.05) is 12.1 Å². The van der Waals surface area contributed by atoms with Crippen molar-refractivity contribution < 1.29 is 8.83 Å². The number of benzene rings is 8. The molecule has 8 aromatic carbocycles. The maximum absolute atomic E-state index is 6.85. The van der Waals surface area contributed by atoms with Crippen LogP contribution in [0.1, 0.15) is 0 Å². The average Bonchev–Trinajstić information content (AvgIpc) is 3.74. The first kappa shape index (κ1) is 27.5. The summed E-state index contributed by atoms with van der Waals surface area (Å²) in [5.74, 6) is 0. The number of hydrogen-bond acceptors (Lipinski definition) is 3. The van der Waals surface area contributed by atoms with Crippen molar-refractivity contribution in [3.05, 3.63) is 176 Å². The SMILES string of the molecule is c1ccc(-c2ccccc2N(c2ccc3c(c2)oc2ccccc23)c2ccccc2-c2cccc3c2oc2c4ccccc4ccc32)cc1. The van der Waals surface area contributed by atoms with E-state index < -0.39 is 0 Å². The van der Waals surface area contributed by atoms with Crippen LogP contribution >= 0.6 is 0 Å². The van der Waals surface area contributed by atoms with E-state index in [1.54, 1.807) is 0 Å². The standard InChI is InChI=1S/C46H29NO2/c1-2-13-30(14-3-1)33-16-6-9-22-41(33)47(32-26-28-37-36-19-8-11-24-43(36)48-44(37)29-32)42-23-10-7-18-35(42)38-20-12-21-39-40-27-25-31-15-4-5-17-34(31)45(40)49-46(38)39/h1-29H. The minimum Gasteiger partial charge on any atom is -0.456 e. The zero-order chi connectivity index (χ0) is 32.3. The summed E-state index contributed by atoms with van der Waals surface area (Å²) < 4.78 is 13.3. The highest BCUT2D eigenvalue weighted by Gasteiger charge is 2.23. The summed E-state index contributed by atoms with van der Waals surface area (Å²) in [5, 5.41) is 6.73. The van der Waals surface area contributed by atoms with E-state index in [4.69, 9.17) is 8.83 Å². The van der Waals surface area contributed by atoms with Gasteiger partial charge in [0.1, 0.15) is 22.3 Å². The lowest BCUT2D eigenvalue weighted by molar-refractivity contribution is 0.669. The van der Waals surface area contributed by atoms with Crippen LogP contribution in [0.5, 0.6) is 0 Å². The third-order valence-electron chi connectivity index (χ3n) is 9.67. The van der Waals surface area contributed by atoms with Gasteiger partial charge < -0.3 is 13.7 Å². The molecule has 0 atom stereocenters. The highest BCUT2D eigenvalue weighted by molar-refractivity contribution is 6.18. The van der Waals surface area contributed by atoms with Gasteiger partial charge in [0.25, 0.3) is 0 Å². The van der Waals surface area contributed by atoms with E-state index in [0.29, 0.717) is 0 Å². The molecule has 10 rings (SSSR count). The average molecular weight is 628 g/mol. The lowest BCUT2D eigenvalue weighted by Crippen LogP contribution is -2.12. The molecule has 0 amide bonds. The predicted molar refractivity (Wildman–Crippen MR) is 204 cm³/mol. The van der Waals surface area contributed by atoms with E-state index in [2.05, 4.69) is 169 Å². The van der Waals surface area contributed by atoms with Gasteiger partial charge in [-0.25, -0.2) is 0 Å². The molecular weight excluding hydrogens is 599 g/mol. The lowest BCUT2D eigenvalue weighted by atomic mass is 9.97. The summed E-state index contributed by atoms with van der Waals surface area (Å²) in [5.41, 5.74) is 11.0. The van der Waals surface area contributed by atoms with Gasteiger partial charge in [-0.1, -0.05) is 133 Å². The molecule has 0 aliphatic heterocycles. The summed E-state index contributed by atoms with van der Waals surface area (Å²) in [6.07, 6.45) is 0. The first-order valence-corrected chi connectivity index (χ1v) is 16.6. The zero-order valence-electron chi connectivity index (χ0n) is 26.5. The van der Waals surface area contributed by atoms with Crippen LogP contribution in [-0.2, 0) is 0 Å². The van der Waals surface area contributed by atoms with Crippen LogP contribution in [0.25, 0.3) is 76.9 Å². The molecule has 0 saturated carbocycles. The highest BCUT2D eigenvalue weighted by atomic mass is 16.3. The molecule has 0 spiro atoms. The number of fused-ring (bicyclic) bond motifs is 8. The van der Waals surface area contributed by atoms with Gasteiger partial charge in [0.2, 0.25) is 0 Å². The van der Waals surface area contributed by atoms with Crippen molar-refractivity contribution in [3.63, 3.8) is 0 Å². The van der Waals surface area contributed by atoms with Gasteiger partial charge in [-0.2, -0.15) is 0 Å². The molecule has 10 aromatic rings. The van der Waals surface area contributed by atoms with Gasteiger partial charge >= 0.3 is 0 Å². The van der Waals surface area contributed by atoms with Gasteiger partial charge in [-0.05, 0) is 47.3 Å². The number of nitrogens with zero attached hydrogens (tertiary/aromatic N) is 1. The first-order valence-electron chi connectivity index (χ1n) is 16.6. The Morgan fingerprint density at radius 2 is 0.959 bits per heavy atom. The molecule has 3 nitrogen and oxygen atoms in total. The van der Waals surface area contributed by atoms with Crippen LogP contribution in [0.4, 0.5) is 17.1 Å². The molecule has 0 aliphatic carbocycles. The summed E-state index contributed by atoms with van der Waals surface area (Å²) in [6.45, 7) is 0. The quantitative estimate of drug-likeness (QED) is 0.190. The summed E-state index contributed by atoms with van der Waals surface area (Å²) in [6, 6.07) is 61.9. The van der Waals surface area contributed by atoms with E-state index in [-0.39, 0.29) is 0 Å². The Kier molecular flexibility index (Phi) is 6.18. The van der Waals surface area contributed by atoms with Crippen LogP contribution in [0, 0.1) is 0 Å². The van der Waals surface area contributed by atoms with Crippen molar-refractivity contribution in [2.24, 2.45) is 0 Å². The van der Waals surface area contributed by atoms with Crippen molar-refractivity contribution in [2.45, 2.75) is 0 Å². The van der Waals surface area contributed by atoms with Crippen molar-refractivity contribution in [1.29, 1.82) is 0 Å². The molecule has 49 heavy (non-hydrogen) atoms. The van der Waals surface area contributed by atoms with Crippen molar-refractivity contribution in [3.8, 4) is 22.3 Å². The number of rotatable bonds is 5. The Balaban J connectivity index is 1.25. The molecule has 2 heterocycles. The molecule has 0 aliphatic rings. The maximum atomic E-state index is 6.85. The molecule has 2 aromatic heterocycles. The molecule has 0 saturated heterocycles. The second kappa shape index (κ2) is 11.0. The number of para-hydroxylation sites is 4. The molecule has 0 fully saturated rings. The van der Waals surface area contributed by atoms with Crippen molar-refractivity contribution in [1.82, 2.24) is 0 Å². The first-order chi connectivity index (χ1) is 24.3. The summed E-state index contributed by atoms with van der Waals surface area (Å²) >= 11 is 0. The zero-order valence-corrected chi connectivity index (χ0v) is 26.5. The predicted octanol–water partition coefficient (Wildman–Crippen LogP) is 13.4. The minimum atomic E-state index is 0.852. The second-order valence-corrected chi connectivity index (χ2v) is 12.5. The normalized spacial score (nSPS) is 11.7. The molecular formula is C46H29NO2. The van der Waals surface area contributed by atoms with E-state index in [9.17, 15) is 0 Å². The monoisotopic (exact) mass is 627 g/mol. The highest BCUT2D eigenvalue weighted by Crippen LogP contribution is 2.48. The molecule has 0 bridgehead atoms. The molecule has 0 unspecified atom stereocenters. The molecule has 3 heteroatoms. The number of hydrogen-bond donors (Lipinski definition) is 0. The summed E-state index contributed by atoms with van der Waals surface area (Å²) in [4.78, 5) is 2.36. The largest absolute Gasteiger partial charge is 0.456 e. The van der Waals surface area contributed by atoms with Gasteiger partial charge in [0.15, 0.2) is 0 Å². The Morgan fingerprint density at radius 3 is 1.84 bits per heavy atom. The number of anilines is 3. The van der Waals surface area contributed by atoms with Crippen molar-refractivity contribution >= 4 is 71.7 Å². The van der Waals surface area contributed by atoms with Crippen LogP contribution < -0.4 is 4.90 Å². The van der Waals surface area contributed by atoms with Gasteiger partial charge in [-0.3, -0.25) is 0 Å². The van der Waals surface area contributed by atoms with Crippen LogP contribution in [0.15, 0.2) is 185 Å². The van der Waals surface area contributed by atoms with E-state index >= 15 is 0 Å². The van der Waals surface area contributed by atoms with Crippen LogP contribution in [0.2, 0.25) is 0 Å². The fourth-order valence-electron chi connectivity index (χ4n) is 7.43. The van der Waals surface area contributed by atoms with Gasteiger partial charge in [0.05, 0.1) is 11.4 Å². The maximum Gasteiger partial charge on any atom is 0.143 e. The molecule has 230 valence electrons. The number of furan rings is 2. The topological polar surface area (TPSA) is 29.5 Å². The Labute approximate surface area is 282 Å². The van der Waals surface area contributed by atoms with Gasteiger partial charge in [0, 0.05) is 55.4 Å². The van der Waals surface area contributed by atoms with Crippen LogP contribution in [-0.4, -0.2) is 0 Å². The lowest BCUT2D eigenvalue weighted by Gasteiger charge is -2.29. The molecule has 0 N–H and O–H groups in total. The van der Waals surface area contributed by atoms with Crippen LogP contribution in [0.3, 0.4) is 0 Å². The van der Waals surface area contributed by atoms with Gasteiger partial charge in [-0.15, -0.1) is 0 Å². The smallest absolute Gasteiger partial charge is 0.143 e. The fraction of sp³-hybridized carbons (Fsp3) is 0. The second-order valence-electron chi connectivity index (χ2n) is 12.5. The third-order valence-corrected chi connectivity index (χ3v) is 9.67. The summed E-state index contributed by atoms with van der Waals surface area (Å²) in [7, 11) is 0. The Hall–Kier alpha value is -6.58. The van der Waals surface area contributed by atoms with E-state index in [0.717, 1.165) is 88.6 Å². The third kappa shape index (κ3) is 4.37. The van der Waals surface area contributed by atoms with E-state index in [1.165, 1.54) is 5.39 Å². The fourth-order valence-corrected chi connectivity index (χ4v) is 7.43. The Bertz CT molecular complexity index is 2840. The Morgan fingerprint density at radius 1 is 0.347 bits per heavy atom. The molecule has 0 radical (unpaired) electrons. The van der Waals surface area contributed by atoms with Crippen molar-refractivity contribution in [2.75, 3.05) is 4.90 Å². The minimum absolute atomic E-state index is 0.852.